The molecule has 2 aliphatic rings. The van der Waals surface area contributed by atoms with Gasteiger partial charge in [0.2, 0.25) is 11.6 Å². The summed E-state index contributed by atoms with van der Waals surface area (Å²) >= 11 is 2.98. The van der Waals surface area contributed by atoms with Crippen LogP contribution in [0.3, 0.4) is 0 Å². The van der Waals surface area contributed by atoms with Crippen LogP contribution < -0.4 is 10.6 Å². The Hall–Kier alpha value is -2.39. The van der Waals surface area contributed by atoms with E-state index in [1.54, 1.807) is 6.07 Å². The Morgan fingerprint density at radius 1 is 1.13 bits per heavy atom. The predicted octanol–water partition coefficient (Wildman–Crippen LogP) is 3.30. The fourth-order valence-corrected chi connectivity index (χ4v) is 4.51. The lowest BCUT2D eigenvalue weighted by atomic mass is 10.0. The number of hydrogen-bond donors (Lipinski definition) is 2. The standard InChI is InChI=1S/C22H20BrF3N2O3/c23-19-14(15(24)5-6-16(19)25)10-18(29)27-17-9-12-3-1-2-4-13(12)20(17)28-21(30)22(26)7-8-31-11-22/h1-6,17,20H,7-11H2,(H,27,29)(H,28,30)/t17-,20-,22?/m1/s1. The molecule has 0 radical (unpaired) electrons. The molecule has 1 aliphatic heterocycles. The number of halogens is 4. The fourth-order valence-electron chi connectivity index (χ4n) is 4.05. The molecule has 1 saturated heterocycles. The van der Waals surface area contributed by atoms with Crippen LogP contribution in [0.4, 0.5) is 13.2 Å². The first-order valence-corrected chi connectivity index (χ1v) is 10.6. The fraction of sp³-hybridized carbons (Fsp3) is 0.364. The van der Waals surface area contributed by atoms with Gasteiger partial charge in [0.1, 0.15) is 11.6 Å². The Labute approximate surface area is 185 Å². The molecule has 5 nitrogen and oxygen atoms in total. The highest BCUT2D eigenvalue weighted by Crippen LogP contribution is 2.33. The Balaban J connectivity index is 1.52. The molecule has 1 fully saturated rings. The molecular formula is C22H20BrF3N2O3. The van der Waals surface area contributed by atoms with Gasteiger partial charge in [0.05, 0.1) is 36.2 Å². The lowest BCUT2D eigenvalue weighted by molar-refractivity contribution is -0.134. The van der Waals surface area contributed by atoms with Gasteiger partial charge in [-0.15, -0.1) is 0 Å². The van der Waals surface area contributed by atoms with Gasteiger partial charge in [-0.3, -0.25) is 9.59 Å². The molecule has 1 heterocycles. The number of nitrogens with one attached hydrogen (secondary N) is 2. The van der Waals surface area contributed by atoms with Crippen molar-refractivity contribution in [1.29, 1.82) is 0 Å². The first kappa shape index (κ1) is 21.8. The molecule has 2 aromatic carbocycles. The van der Waals surface area contributed by atoms with Crippen molar-refractivity contribution in [2.24, 2.45) is 0 Å². The molecule has 1 aliphatic carbocycles. The normalized spacial score (nSPS) is 24.6. The van der Waals surface area contributed by atoms with Crippen LogP contribution in [0.5, 0.6) is 0 Å². The largest absolute Gasteiger partial charge is 0.377 e. The second kappa shape index (κ2) is 8.63. The van der Waals surface area contributed by atoms with Crippen molar-refractivity contribution in [3.05, 3.63) is 69.2 Å². The zero-order valence-electron chi connectivity index (χ0n) is 16.4. The minimum Gasteiger partial charge on any atom is -0.377 e. The minimum absolute atomic E-state index is 0.0307. The first-order valence-electron chi connectivity index (χ1n) is 9.85. The van der Waals surface area contributed by atoms with Gasteiger partial charge in [0.25, 0.3) is 5.91 Å². The van der Waals surface area contributed by atoms with Crippen LogP contribution in [0.2, 0.25) is 0 Å². The lowest BCUT2D eigenvalue weighted by Gasteiger charge is -2.26. The molecule has 0 bridgehead atoms. The summed E-state index contributed by atoms with van der Waals surface area (Å²) in [6.07, 6.45) is -0.00880. The van der Waals surface area contributed by atoms with Crippen molar-refractivity contribution >= 4 is 27.7 Å². The summed E-state index contributed by atoms with van der Waals surface area (Å²) in [7, 11) is 0. The number of carbonyl (C=O) groups excluding carboxylic acids is 2. The van der Waals surface area contributed by atoms with Crippen LogP contribution in [0, 0.1) is 11.6 Å². The summed E-state index contributed by atoms with van der Waals surface area (Å²) in [6, 6.07) is 8.03. The molecule has 1 unspecified atom stereocenters. The second-order valence-electron chi connectivity index (χ2n) is 7.79. The maximum atomic E-state index is 14.8. The van der Waals surface area contributed by atoms with Crippen LogP contribution >= 0.6 is 15.9 Å². The molecule has 9 heteroatoms. The predicted molar refractivity (Wildman–Crippen MR) is 110 cm³/mol. The Kier molecular flexibility index (Phi) is 6.07. The zero-order chi connectivity index (χ0) is 22.2. The highest BCUT2D eigenvalue weighted by Gasteiger charge is 2.45. The van der Waals surface area contributed by atoms with E-state index in [0.717, 1.165) is 23.3 Å². The average Bonchev–Trinajstić information content (AvgIpc) is 3.33. The SMILES string of the molecule is O=C(Cc1c(F)ccc(F)c1Br)N[C@@H]1Cc2ccccc2[C@H]1NC(=O)C1(F)CCOC1. The summed E-state index contributed by atoms with van der Waals surface area (Å²) in [4.78, 5) is 25.3. The summed E-state index contributed by atoms with van der Waals surface area (Å²) in [6.45, 7) is -0.142. The van der Waals surface area contributed by atoms with E-state index in [4.69, 9.17) is 4.74 Å². The highest BCUT2D eigenvalue weighted by molar-refractivity contribution is 9.10. The van der Waals surface area contributed by atoms with Crippen molar-refractivity contribution in [3.63, 3.8) is 0 Å². The lowest BCUT2D eigenvalue weighted by Crippen LogP contribution is -2.50. The Bertz CT molecular complexity index is 1030. The van der Waals surface area contributed by atoms with Gasteiger partial charge < -0.3 is 15.4 Å². The van der Waals surface area contributed by atoms with Crippen molar-refractivity contribution in [3.8, 4) is 0 Å². The summed E-state index contributed by atoms with van der Waals surface area (Å²) < 4.78 is 47.6. The van der Waals surface area contributed by atoms with E-state index >= 15 is 0 Å². The number of amides is 2. The van der Waals surface area contributed by atoms with Crippen LogP contribution in [0.25, 0.3) is 0 Å². The number of alkyl halides is 1. The van der Waals surface area contributed by atoms with Gasteiger partial charge in [-0.1, -0.05) is 24.3 Å². The van der Waals surface area contributed by atoms with Crippen molar-refractivity contribution in [2.75, 3.05) is 13.2 Å². The molecule has 0 saturated carbocycles. The minimum atomic E-state index is -2.11. The van der Waals surface area contributed by atoms with Crippen LogP contribution in [-0.4, -0.2) is 36.7 Å². The summed E-state index contributed by atoms with van der Waals surface area (Å²) in [5.41, 5.74) is -0.519. The van der Waals surface area contributed by atoms with E-state index in [0.29, 0.717) is 6.42 Å². The monoisotopic (exact) mass is 496 g/mol. The maximum Gasteiger partial charge on any atom is 0.260 e. The molecule has 2 amide bonds. The summed E-state index contributed by atoms with van der Waals surface area (Å²) in [5, 5.41) is 5.51. The number of hydrogen-bond acceptors (Lipinski definition) is 3. The third kappa shape index (κ3) is 4.34. The average molecular weight is 497 g/mol. The number of rotatable bonds is 5. The molecular weight excluding hydrogens is 477 g/mol. The molecule has 2 aromatic rings. The third-order valence-corrected chi connectivity index (χ3v) is 6.58. The van der Waals surface area contributed by atoms with Gasteiger partial charge >= 0.3 is 0 Å². The molecule has 3 atom stereocenters. The van der Waals surface area contributed by atoms with Gasteiger partial charge in [-0.05, 0) is 45.6 Å². The molecule has 0 aromatic heterocycles. The van der Waals surface area contributed by atoms with E-state index in [2.05, 4.69) is 26.6 Å². The van der Waals surface area contributed by atoms with Crippen molar-refractivity contribution in [1.82, 2.24) is 10.6 Å². The first-order chi connectivity index (χ1) is 14.8. The van der Waals surface area contributed by atoms with Gasteiger partial charge in [-0.2, -0.15) is 0 Å². The van der Waals surface area contributed by atoms with Gasteiger partial charge in [0, 0.05) is 12.0 Å². The smallest absolute Gasteiger partial charge is 0.260 e. The molecule has 164 valence electrons. The molecule has 0 spiro atoms. The van der Waals surface area contributed by atoms with E-state index < -0.39 is 47.6 Å². The molecule has 31 heavy (non-hydrogen) atoms. The second-order valence-corrected chi connectivity index (χ2v) is 8.59. The van der Waals surface area contributed by atoms with Crippen LogP contribution in [0.15, 0.2) is 40.9 Å². The number of carbonyl (C=O) groups is 2. The Morgan fingerprint density at radius 3 is 2.61 bits per heavy atom. The quantitative estimate of drug-likeness (QED) is 0.624. The Morgan fingerprint density at radius 2 is 1.87 bits per heavy atom. The maximum absolute atomic E-state index is 14.8. The number of ether oxygens (including phenoxy) is 1. The molecule has 2 N–H and O–H groups in total. The van der Waals surface area contributed by atoms with Crippen LogP contribution in [-0.2, 0) is 27.2 Å². The van der Waals surface area contributed by atoms with Crippen molar-refractivity contribution < 1.29 is 27.5 Å². The third-order valence-electron chi connectivity index (χ3n) is 5.72. The topological polar surface area (TPSA) is 67.4 Å². The van der Waals surface area contributed by atoms with Crippen molar-refractivity contribution in [2.45, 2.75) is 37.0 Å². The van der Waals surface area contributed by atoms with E-state index in [9.17, 15) is 22.8 Å². The van der Waals surface area contributed by atoms with E-state index in [1.807, 2.05) is 18.2 Å². The number of benzene rings is 2. The summed E-state index contributed by atoms with van der Waals surface area (Å²) in [5.74, 6) is -2.70. The van der Waals surface area contributed by atoms with E-state index in [-0.39, 0.29) is 29.7 Å². The molecule has 4 rings (SSSR count). The number of fused-ring (bicyclic) bond motifs is 1. The van der Waals surface area contributed by atoms with Crippen LogP contribution in [0.1, 0.15) is 29.2 Å². The zero-order valence-corrected chi connectivity index (χ0v) is 18.0. The van der Waals surface area contributed by atoms with Gasteiger partial charge in [-0.25, -0.2) is 13.2 Å². The van der Waals surface area contributed by atoms with Gasteiger partial charge in [0.15, 0.2) is 0 Å². The highest BCUT2D eigenvalue weighted by atomic mass is 79.9. The van der Waals surface area contributed by atoms with E-state index in [1.165, 1.54) is 0 Å².